The first-order valence-electron chi connectivity index (χ1n) is 8.73. The molecular weight excluding hydrogens is 336 g/mol. The van der Waals surface area contributed by atoms with Crippen molar-refractivity contribution in [2.24, 2.45) is 0 Å². The SMILES string of the molecule is c1ccc(C(c2ccccc2)n2cnc3c(-c4ccco4)ncnc32)cc1. The molecular formula is C22H16N4O. The lowest BCUT2D eigenvalue weighted by atomic mass is 9.98. The van der Waals surface area contributed by atoms with E-state index < -0.39 is 0 Å². The summed E-state index contributed by atoms with van der Waals surface area (Å²) < 4.78 is 7.62. The van der Waals surface area contributed by atoms with Crippen LogP contribution in [-0.4, -0.2) is 19.5 Å². The van der Waals surface area contributed by atoms with Gasteiger partial charge in [-0.3, -0.25) is 0 Å². The molecule has 0 bridgehead atoms. The molecule has 0 aliphatic rings. The van der Waals surface area contributed by atoms with E-state index in [1.54, 1.807) is 12.6 Å². The Balaban J connectivity index is 1.74. The van der Waals surface area contributed by atoms with Crippen molar-refractivity contribution >= 4 is 11.2 Å². The van der Waals surface area contributed by atoms with Crippen molar-refractivity contribution in [1.82, 2.24) is 19.5 Å². The van der Waals surface area contributed by atoms with Gasteiger partial charge in [-0.25, -0.2) is 15.0 Å². The molecule has 0 aliphatic carbocycles. The third-order valence-electron chi connectivity index (χ3n) is 4.62. The summed E-state index contributed by atoms with van der Waals surface area (Å²) in [6.07, 6.45) is 5.03. The van der Waals surface area contributed by atoms with Gasteiger partial charge in [-0.05, 0) is 23.3 Å². The van der Waals surface area contributed by atoms with Gasteiger partial charge >= 0.3 is 0 Å². The normalized spacial score (nSPS) is 11.3. The van der Waals surface area contributed by atoms with Crippen molar-refractivity contribution in [1.29, 1.82) is 0 Å². The second-order valence-corrected chi connectivity index (χ2v) is 6.25. The Bertz CT molecular complexity index is 1130. The molecule has 0 N–H and O–H groups in total. The monoisotopic (exact) mass is 352 g/mol. The predicted octanol–water partition coefficient (Wildman–Crippen LogP) is 4.72. The zero-order chi connectivity index (χ0) is 18.1. The van der Waals surface area contributed by atoms with Crippen LogP contribution in [0.25, 0.3) is 22.6 Å². The summed E-state index contributed by atoms with van der Waals surface area (Å²) in [5.74, 6) is 0.684. The molecule has 0 saturated carbocycles. The molecule has 0 atom stereocenters. The van der Waals surface area contributed by atoms with Crippen molar-refractivity contribution in [2.45, 2.75) is 6.04 Å². The summed E-state index contributed by atoms with van der Waals surface area (Å²) >= 11 is 0. The van der Waals surface area contributed by atoms with E-state index in [1.807, 2.05) is 54.9 Å². The Kier molecular flexibility index (Phi) is 3.76. The molecule has 3 aromatic heterocycles. The largest absolute Gasteiger partial charge is 0.463 e. The van der Waals surface area contributed by atoms with E-state index in [9.17, 15) is 0 Å². The maximum atomic E-state index is 5.53. The summed E-state index contributed by atoms with van der Waals surface area (Å²) in [6, 6.07) is 24.4. The Morgan fingerprint density at radius 1 is 0.741 bits per heavy atom. The minimum Gasteiger partial charge on any atom is -0.463 e. The molecule has 130 valence electrons. The number of fused-ring (bicyclic) bond motifs is 1. The zero-order valence-corrected chi connectivity index (χ0v) is 14.4. The Labute approximate surface area is 156 Å². The van der Waals surface area contributed by atoms with E-state index in [0.29, 0.717) is 11.5 Å². The summed E-state index contributed by atoms with van der Waals surface area (Å²) in [7, 11) is 0. The number of benzene rings is 2. The second kappa shape index (κ2) is 6.53. The third kappa shape index (κ3) is 2.69. The van der Waals surface area contributed by atoms with Crippen LogP contribution in [0.4, 0.5) is 0 Å². The van der Waals surface area contributed by atoms with Gasteiger partial charge < -0.3 is 8.98 Å². The van der Waals surface area contributed by atoms with Gasteiger partial charge in [-0.2, -0.15) is 0 Å². The zero-order valence-electron chi connectivity index (χ0n) is 14.4. The highest BCUT2D eigenvalue weighted by molar-refractivity contribution is 5.85. The highest BCUT2D eigenvalue weighted by Gasteiger charge is 2.21. The standard InChI is InChI=1S/C22H16N4O/c1-3-8-16(9-4-1)21(17-10-5-2-6-11-17)26-15-25-20-19(18-12-7-13-27-18)23-14-24-22(20)26/h1-15,21H. The third-order valence-corrected chi connectivity index (χ3v) is 4.62. The fourth-order valence-corrected chi connectivity index (χ4v) is 3.42. The number of furan rings is 1. The van der Waals surface area contributed by atoms with Crippen LogP contribution in [0.15, 0.2) is 96.1 Å². The number of hydrogen-bond acceptors (Lipinski definition) is 4. The van der Waals surface area contributed by atoms with E-state index in [-0.39, 0.29) is 6.04 Å². The molecule has 0 radical (unpaired) electrons. The minimum absolute atomic E-state index is 0.0308. The number of rotatable bonds is 4. The molecule has 27 heavy (non-hydrogen) atoms. The van der Waals surface area contributed by atoms with Gasteiger partial charge in [0.25, 0.3) is 0 Å². The van der Waals surface area contributed by atoms with Crippen LogP contribution >= 0.6 is 0 Å². The van der Waals surface area contributed by atoms with Gasteiger partial charge in [0.1, 0.15) is 17.5 Å². The van der Waals surface area contributed by atoms with Gasteiger partial charge in [-0.15, -0.1) is 0 Å². The number of hydrogen-bond donors (Lipinski definition) is 0. The highest BCUT2D eigenvalue weighted by atomic mass is 16.3. The van der Waals surface area contributed by atoms with Crippen LogP contribution in [0.5, 0.6) is 0 Å². The van der Waals surface area contributed by atoms with Crippen LogP contribution in [-0.2, 0) is 0 Å². The van der Waals surface area contributed by atoms with Crippen LogP contribution in [0.1, 0.15) is 17.2 Å². The van der Waals surface area contributed by atoms with Crippen LogP contribution < -0.4 is 0 Å². The molecule has 0 aliphatic heterocycles. The number of nitrogens with zero attached hydrogens (tertiary/aromatic N) is 4. The van der Waals surface area contributed by atoms with E-state index in [0.717, 1.165) is 11.2 Å². The predicted molar refractivity (Wildman–Crippen MR) is 103 cm³/mol. The van der Waals surface area contributed by atoms with Crippen molar-refractivity contribution in [2.75, 3.05) is 0 Å². The smallest absolute Gasteiger partial charge is 0.164 e. The molecule has 0 unspecified atom stereocenters. The summed E-state index contributed by atoms with van der Waals surface area (Å²) in [4.78, 5) is 13.5. The lowest BCUT2D eigenvalue weighted by Crippen LogP contribution is -2.12. The molecule has 2 aromatic carbocycles. The molecule has 0 amide bonds. The summed E-state index contributed by atoms with van der Waals surface area (Å²) in [5, 5.41) is 0. The molecule has 0 saturated heterocycles. The van der Waals surface area contributed by atoms with Crippen LogP contribution in [0, 0.1) is 0 Å². The van der Waals surface area contributed by atoms with Gasteiger partial charge in [0.15, 0.2) is 11.4 Å². The topological polar surface area (TPSA) is 56.7 Å². The quantitative estimate of drug-likeness (QED) is 0.469. The lowest BCUT2D eigenvalue weighted by Gasteiger charge is -2.20. The Morgan fingerprint density at radius 2 is 1.44 bits per heavy atom. The Morgan fingerprint density at radius 3 is 2.07 bits per heavy atom. The molecule has 0 fully saturated rings. The van der Waals surface area contributed by atoms with Crippen LogP contribution in [0.3, 0.4) is 0 Å². The maximum Gasteiger partial charge on any atom is 0.164 e. The first kappa shape index (κ1) is 15.5. The molecule has 5 heteroatoms. The lowest BCUT2D eigenvalue weighted by molar-refractivity contribution is 0.580. The van der Waals surface area contributed by atoms with Crippen LogP contribution in [0.2, 0.25) is 0 Å². The average molecular weight is 352 g/mol. The highest BCUT2D eigenvalue weighted by Crippen LogP contribution is 2.31. The Hall–Kier alpha value is -3.73. The van der Waals surface area contributed by atoms with Gasteiger partial charge in [-0.1, -0.05) is 60.7 Å². The van der Waals surface area contributed by atoms with Crippen molar-refractivity contribution in [3.05, 3.63) is 103 Å². The molecule has 3 heterocycles. The molecule has 5 rings (SSSR count). The van der Waals surface area contributed by atoms with E-state index in [2.05, 4.69) is 43.8 Å². The summed E-state index contributed by atoms with van der Waals surface area (Å²) in [6.45, 7) is 0. The van der Waals surface area contributed by atoms with Crippen molar-refractivity contribution in [3.8, 4) is 11.5 Å². The molecule has 5 nitrogen and oxygen atoms in total. The van der Waals surface area contributed by atoms with Crippen molar-refractivity contribution in [3.63, 3.8) is 0 Å². The molecule has 5 aromatic rings. The first-order valence-corrected chi connectivity index (χ1v) is 8.73. The maximum absolute atomic E-state index is 5.53. The van der Waals surface area contributed by atoms with E-state index in [4.69, 9.17) is 4.42 Å². The minimum atomic E-state index is -0.0308. The van der Waals surface area contributed by atoms with E-state index in [1.165, 1.54) is 11.1 Å². The van der Waals surface area contributed by atoms with Gasteiger partial charge in [0.05, 0.1) is 18.6 Å². The van der Waals surface area contributed by atoms with Gasteiger partial charge in [0, 0.05) is 0 Å². The second-order valence-electron chi connectivity index (χ2n) is 6.25. The van der Waals surface area contributed by atoms with Gasteiger partial charge in [0.2, 0.25) is 0 Å². The van der Waals surface area contributed by atoms with Crippen molar-refractivity contribution < 1.29 is 4.42 Å². The average Bonchev–Trinajstić information content (AvgIpc) is 3.40. The number of imidazole rings is 1. The molecule has 0 spiro atoms. The fraction of sp³-hybridized carbons (Fsp3) is 0.0455. The van der Waals surface area contributed by atoms with E-state index >= 15 is 0 Å². The first-order chi connectivity index (χ1) is 13.4. The summed E-state index contributed by atoms with van der Waals surface area (Å²) in [5.41, 5.74) is 4.53. The number of aromatic nitrogens is 4. The fourth-order valence-electron chi connectivity index (χ4n) is 3.42.